The number of ether oxygens (including phenoxy) is 1. The van der Waals surface area contributed by atoms with Crippen molar-refractivity contribution in [3.63, 3.8) is 0 Å². The van der Waals surface area contributed by atoms with E-state index in [0.717, 1.165) is 43.6 Å². The Morgan fingerprint density at radius 3 is 2.70 bits per heavy atom. The number of hydrogen-bond acceptors (Lipinski definition) is 4. The molecule has 2 bridgehead atoms. The smallest absolute Gasteiger partial charge is 0.248 e. The Hall–Kier alpha value is -2.70. The highest BCUT2D eigenvalue weighted by Gasteiger charge is 2.53. The molecule has 6 nitrogen and oxygen atoms in total. The lowest BCUT2D eigenvalue weighted by Crippen LogP contribution is -2.58. The van der Waals surface area contributed by atoms with E-state index in [0.29, 0.717) is 17.4 Å². The molecule has 2 heterocycles. The Labute approximate surface area is 176 Å². The largest absolute Gasteiger partial charge is 0.373 e. The summed E-state index contributed by atoms with van der Waals surface area (Å²) in [6.07, 6.45) is 3.45. The Balaban J connectivity index is 1.45. The molecule has 3 atom stereocenters. The van der Waals surface area contributed by atoms with Crippen LogP contribution in [0.1, 0.15) is 40.9 Å². The van der Waals surface area contributed by atoms with Gasteiger partial charge in [0.15, 0.2) is 0 Å². The van der Waals surface area contributed by atoms with Crippen LogP contribution in [0.5, 0.6) is 0 Å². The lowest BCUT2D eigenvalue weighted by Gasteiger charge is -2.55. The molecule has 156 valence electrons. The normalized spacial score (nSPS) is 26.7. The van der Waals surface area contributed by atoms with Crippen molar-refractivity contribution in [2.45, 2.75) is 31.4 Å². The zero-order valence-electron chi connectivity index (χ0n) is 17.3. The van der Waals surface area contributed by atoms with E-state index >= 15 is 0 Å². The van der Waals surface area contributed by atoms with Gasteiger partial charge < -0.3 is 10.5 Å². The van der Waals surface area contributed by atoms with Crippen molar-refractivity contribution < 1.29 is 9.53 Å². The highest BCUT2D eigenvalue weighted by Crippen LogP contribution is 2.51. The maximum absolute atomic E-state index is 11.8. The number of primary amides is 1. The third kappa shape index (κ3) is 3.02. The quantitative estimate of drug-likeness (QED) is 0.682. The van der Waals surface area contributed by atoms with Crippen molar-refractivity contribution in [3.8, 4) is 0 Å². The van der Waals surface area contributed by atoms with E-state index in [4.69, 9.17) is 10.5 Å². The molecule has 3 N–H and O–H groups in total. The number of piperidine rings is 1. The van der Waals surface area contributed by atoms with Crippen LogP contribution in [0.4, 0.5) is 0 Å². The second kappa shape index (κ2) is 7.52. The predicted octanol–water partition coefficient (Wildman–Crippen LogP) is 3.44. The van der Waals surface area contributed by atoms with Gasteiger partial charge in [-0.25, -0.2) is 0 Å². The molecule has 1 amide bonds. The third-order valence-corrected chi connectivity index (χ3v) is 7.13. The van der Waals surface area contributed by atoms with Gasteiger partial charge in [-0.1, -0.05) is 36.8 Å². The number of H-pyrrole nitrogens is 1. The molecular formula is C24H28N4O2. The molecule has 1 aliphatic carbocycles. The average Bonchev–Trinajstić information content (AvgIpc) is 3.16. The van der Waals surface area contributed by atoms with Crippen molar-refractivity contribution in [1.29, 1.82) is 0 Å². The number of benzene rings is 2. The number of methoxy groups -OCH3 is 1. The Morgan fingerprint density at radius 1 is 1.20 bits per heavy atom. The predicted molar refractivity (Wildman–Crippen MR) is 116 cm³/mol. The number of aromatic nitrogens is 2. The molecule has 1 saturated carbocycles. The van der Waals surface area contributed by atoms with E-state index < -0.39 is 5.91 Å². The van der Waals surface area contributed by atoms with Gasteiger partial charge in [-0.15, -0.1) is 0 Å². The number of carbonyl (C=O) groups is 1. The molecule has 2 aliphatic rings. The molecule has 0 radical (unpaired) electrons. The number of aromatic amines is 1. The minimum atomic E-state index is -0.392. The second-order valence-electron chi connectivity index (χ2n) is 8.68. The van der Waals surface area contributed by atoms with Gasteiger partial charge >= 0.3 is 0 Å². The van der Waals surface area contributed by atoms with Gasteiger partial charge in [-0.3, -0.25) is 14.8 Å². The summed E-state index contributed by atoms with van der Waals surface area (Å²) in [7, 11) is 1.82. The molecule has 1 unspecified atom stereocenters. The number of rotatable bonds is 5. The van der Waals surface area contributed by atoms with Crippen LogP contribution in [-0.2, 0) is 16.9 Å². The van der Waals surface area contributed by atoms with Crippen LogP contribution in [0.2, 0.25) is 0 Å². The number of hydrogen-bond donors (Lipinski definition) is 2. The summed E-state index contributed by atoms with van der Waals surface area (Å²) in [6, 6.07) is 16.0. The summed E-state index contributed by atoms with van der Waals surface area (Å²) < 4.78 is 6.32. The first kappa shape index (κ1) is 19.3. The van der Waals surface area contributed by atoms with Gasteiger partial charge in [0.2, 0.25) is 5.91 Å². The van der Waals surface area contributed by atoms with E-state index in [9.17, 15) is 4.79 Å². The van der Waals surface area contributed by atoms with Crippen molar-refractivity contribution >= 4 is 16.8 Å². The minimum Gasteiger partial charge on any atom is -0.373 e. The summed E-state index contributed by atoms with van der Waals surface area (Å²) in [6.45, 7) is 2.77. The van der Waals surface area contributed by atoms with Crippen LogP contribution < -0.4 is 5.73 Å². The number of para-hydroxylation sites is 1. The third-order valence-electron chi connectivity index (χ3n) is 7.13. The molecule has 1 aliphatic heterocycles. The van der Waals surface area contributed by atoms with Crippen molar-refractivity contribution in [3.05, 3.63) is 65.4 Å². The SMILES string of the molecule is COC1(c2cccc(C(N)=O)c2)[C@@H]2CCC[C@H]1CN(Cc1[nH]nc3ccccc13)C2. The maximum Gasteiger partial charge on any atom is 0.248 e. The highest BCUT2D eigenvalue weighted by atomic mass is 16.5. The molecule has 1 saturated heterocycles. The molecule has 6 heteroatoms. The summed E-state index contributed by atoms with van der Waals surface area (Å²) in [4.78, 5) is 14.3. The van der Waals surface area contributed by atoms with Gasteiger partial charge in [0, 0.05) is 49.5 Å². The van der Waals surface area contributed by atoms with Crippen molar-refractivity contribution in [2.75, 3.05) is 20.2 Å². The fraction of sp³-hybridized carbons (Fsp3) is 0.417. The molecule has 0 spiro atoms. The zero-order valence-corrected chi connectivity index (χ0v) is 17.3. The van der Waals surface area contributed by atoms with Crippen molar-refractivity contribution in [1.82, 2.24) is 15.1 Å². The second-order valence-corrected chi connectivity index (χ2v) is 8.68. The summed E-state index contributed by atoms with van der Waals surface area (Å²) >= 11 is 0. The van der Waals surface area contributed by atoms with E-state index in [1.807, 2.05) is 31.4 Å². The van der Waals surface area contributed by atoms with Crippen LogP contribution in [0.25, 0.3) is 10.9 Å². The Morgan fingerprint density at radius 2 is 1.97 bits per heavy atom. The van der Waals surface area contributed by atoms with Crippen LogP contribution in [0, 0.1) is 11.8 Å². The Bertz CT molecular complexity index is 1060. The fourth-order valence-electron chi connectivity index (χ4n) is 5.85. The van der Waals surface area contributed by atoms with E-state index in [1.54, 1.807) is 6.07 Å². The lowest BCUT2D eigenvalue weighted by atomic mass is 9.62. The summed E-state index contributed by atoms with van der Waals surface area (Å²) in [5.41, 5.74) is 9.01. The summed E-state index contributed by atoms with van der Waals surface area (Å²) in [5, 5.41) is 8.89. The standard InChI is InChI=1S/C24H28N4O2/c1-30-24(17-7-4-6-16(12-17)23(25)29)18-8-5-9-19(24)14-28(13-18)15-22-20-10-2-3-11-21(20)26-27-22/h2-4,6-7,10-12,18-19H,5,8-9,13-15H2,1H3,(H2,25,29)(H,26,27)/t18-,19+,24?. The minimum absolute atomic E-state index is 0.365. The molecule has 5 rings (SSSR count). The number of nitrogens with one attached hydrogen (secondary N) is 1. The number of amides is 1. The average molecular weight is 405 g/mol. The molecule has 1 aromatic heterocycles. The number of nitrogens with zero attached hydrogens (tertiary/aromatic N) is 2. The fourth-order valence-corrected chi connectivity index (χ4v) is 5.85. The lowest BCUT2D eigenvalue weighted by molar-refractivity contribution is -0.170. The van der Waals surface area contributed by atoms with Gasteiger partial charge in [-0.2, -0.15) is 5.10 Å². The van der Waals surface area contributed by atoms with Crippen LogP contribution in [0.3, 0.4) is 0 Å². The number of likely N-dealkylation sites (tertiary alicyclic amines) is 1. The molecule has 3 aromatic rings. The first-order valence-electron chi connectivity index (χ1n) is 10.7. The summed E-state index contributed by atoms with van der Waals surface area (Å²) in [5.74, 6) is 0.344. The molecular weight excluding hydrogens is 376 g/mol. The van der Waals surface area contributed by atoms with Crippen LogP contribution in [0.15, 0.2) is 48.5 Å². The monoisotopic (exact) mass is 404 g/mol. The van der Waals surface area contributed by atoms with Gasteiger partial charge in [0.25, 0.3) is 0 Å². The molecule has 2 fully saturated rings. The van der Waals surface area contributed by atoms with E-state index in [2.05, 4.69) is 33.3 Å². The van der Waals surface area contributed by atoms with Crippen LogP contribution >= 0.6 is 0 Å². The number of fused-ring (bicyclic) bond motifs is 3. The van der Waals surface area contributed by atoms with Crippen LogP contribution in [-0.4, -0.2) is 41.2 Å². The highest BCUT2D eigenvalue weighted by molar-refractivity contribution is 5.93. The molecule has 2 aromatic carbocycles. The first-order valence-corrected chi connectivity index (χ1v) is 10.7. The van der Waals surface area contributed by atoms with Gasteiger partial charge in [0.1, 0.15) is 5.60 Å². The molecule has 30 heavy (non-hydrogen) atoms. The number of carbonyl (C=O) groups excluding carboxylic acids is 1. The Kier molecular flexibility index (Phi) is 4.83. The van der Waals surface area contributed by atoms with Crippen molar-refractivity contribution in [2.24, 2.45) is 17.6 Å². The van der Waals surface area contributed by atoms with E-state index in [1.165, 1.54) is 17.5 Å². The van der Waals surface area contributed by atoms with Gasteiger partial charge in [-0.05, 0) is 36.6 Å². The maximum atomic E-state index is 11.8. The van der Waals surface area contributed by atoms with E-state index in [-0.39, 0.29) is 5.60 Å². The zero-order chi connectivity index (χ0) is 20.7. The topological polar surface area (TPSA) is 84.2 Å². The van der Waals surface area contributed by atoms with Gasteiger partial charge in [0.05, 0.1) is 11.2 Å². The first-order chi connectivity index (χ1) is 14.6. The number of nitrogens with two attached hydrogens (primary N) is 1.